The average molecular weight is 282 g/mol. The summed E-state index contributed by atoms with van der Waals surface area (Å²) in [7, 11) is 0. The molecule has 1 saturated heterocycles. The predicted octanol–water partition coefficient (Wildman–Crippen LogP) is 2.74. The van der Waals surface area contributed by atoms with Crippen LogP contribution in [0.1, 0.15) is 44.3 Å². The third-order valence-corrected chi connectivity index (χ3v) is 4.45. The number of rotatable bonds is 3. The minimum Gasteiger partial charge on any atom is -0.481 e. The van der Waals surface area contributed by atoms with Crippen molar-refractivity contribution in [2.24, 2.45) is 5.92 Å². The van der Waals surface area contributed by atoms with Gasteiger partial charge in [0.05, 0.1) is 18.2 Å². The molecular formula is C14H22N2O2S. The standard InChI is InChI=1S/C14H22N2O2S/c1-14(2,3)11-9-19-12(15-11)8-16-6-4-10(5-7-16)13(17)18/h9-10H,4-8H2,1-3H3,(H,17,18). The maximum atomic E-state index is 10.9. The summed E-state index contributed by atoms with van der Waals surface area (Å²) in [5, 5.41) is 12.3. The van der Waals surface area contributed by atoms with Crippen molar-refractivity contribution in [3.05, 3.63) is 16.1 Å². The van der Waals surface area contributed by atoms with Crippen molar-refractivity contribution in [3.63, 3.8) is 0 Å². The second kappa shape index (κ2) is 5.59. The lowest BCUT2D eigenvalue weighted by Gasteiger charge is -2.29. The molecule has 0 aliphatic carbocycles. The van der Waals surface area contributed by atoms with E-state index >= 15 is 0 Å². The van der Waals surface area contributed by atoms with E-state index in [9.17, 15) is 4.79 Å². The molecule has 0 atom stereocenters. The Bertz CT molecular complexity index is 443. The molecule has 1 N–H and O–H groups in total. The van der Waals surface area contributed by atoms with Crippen LogP contribution >= 0.6 is 11.3 Å². The number of nitrogens with zero attached hydrogens (tertiary/aromatic N) is 2. The minimum absolute atomic E-state index is 0.102. The smallest absolute Gasteiger partial charge is 0.306 e. The molecule has 0 unspecified atom stereocenters. The molecule has 4 nitrogen and oxygen atoms in total. The highest BCUT2D eigenvalue weighted by molar-refractivity contribution is 7.09. The summed E-state index contributed by atoms with van der Waals surface area (Å²) in [6.45, 7) is 9.09. The van der Waals surface area contributed by atoms with Gasteiger partial charge in [0.2, 0.25) is 0 Å². The first-order valence-corrected chi connectivity index (χ1v) is 7.64. The zero-order valence-corrected chi connectivity index (χ0v) is 12.7. The quantitative estimate of drug-likeness (QED) is 0.926. The number of aliphatic carboxylic acids is 1. The summed E-state index contributed by atoms with van der Waals surface area (Å²) in [6.07, 6.45) is 1.51. The topological polar surface area (TPSA) is 53.4 Å². The molecule has 0 amide bonds. The van der Waals surface area contributed by atoms with Crippen molar-refractivity contribution in [2.75, 3.05) is 13.1 Å². The van der Waals surface area contributed by atoms with Gasteiger partial charge >= 0.3 is 5.97 Å². The second-order valence-corrected chi connectivity index (χ2v) is 7.21. The molecule has 0 saturated carbocycles. The molecule has 106 valence electrons. The van der Waals surface area contributed by atoms with E-state index in [-0.39, 0.29) is 11.3 Å². The fourth-order valence-corrected chi connectivity index (χ4v) is 3.32. The van der Waals surface area contributed by atoms with Gasteiger partial charge in [-0.15, -0.1) is 11.3 Å². The summed E-state index contributed by atoms with van der Waals surface area (Å²) in [6, 6.07) is 0. The second-order valence-electron chi connectivity index (χ2n) is 6.27. The lowest BCUT2D eigenvalue weighted by Crippen LogP contribution is -2.35. The molecule has 0 radical (unpaired) electrons. The highest BCUT2D eigenvalue weighted by Crippen LogP contribution is 2.25. The van der Waals surface area contributed by atoms with Crippen LogP contribution in [0, 0.1) is 5.92 Å². The SMILES string of the molecule is CC(C)(C)c1csc(CN2CCC(C(=O)O)CC2)n1. The van der Waals surface area contributed by atoms with E-state index in [1.165, 1.54) is 0 Å². The van der Waals surface area contributed by atoms with E-state index in [0.29, 0.717) is 0 Å². The van der Waals surface area contributed by atoms with Gasteiger partial charge in [0.15, 0.2) is 0 Å². The number of hydrogen-bond acceptors (Lipinski definition) is 4. The zero-order chi connectivity index (χ0) is 14.0. The van der Waals surface area contributed by atoms with Crippen molar-refractivity contribution >= 4 is 17.3 Å². The number of aromatic nitrogens is 1. The first-order chi connectivity index (χ1) is 8.86. The monoisotopic (exact) mass is 282 g/mol. The van der Waals surface area contributed by atoms with E-state index in [2.05, 4.69) is 31.1 Å². The third-order valence-electron chi connectivity index (χ3n) is 3.62. The Morgan fingerprint density at radius 3 is 2.58 bits per heavy atom. The van der Waals surface area contributed by atoms with Crippen molar-refractivity contribution < 1.29 is 9.90 Å². The van der Waals surface area contributed by atoms with Gasteiger partial charge in [-0.2, -0.15) is 0 Å². The third kappa shape index (κ3) is 3.76. The van der Waals surface area contributed by atoms with E-state index < -0.39 is 5.97 Å². The average Bonchev–Trinajstić information content (AvgIpc) is 2.78. The number of carbonyl (C=O) groups is 1. The Balaban J connectivity index is 1.89. The van der Waals surface area contributed by atoms with Gasteiger partial charge in [-0.25, -0.2) is 4.98 Å². The highest BCUT2D eigenvalue weighted by atomic mass is 32.1. The molecule has 0 bridgehead atoms. The molecule has 2 rings (SSSR count). The minimum atomic E-state index is -0.649. The lowest BCUT2D eigenvalue weighted by molar-refractivity contribution is -0.143. The number of likely N-dealkylation sites (tertiary alicyclic amines) is 1. The van der Waals surface area contributed by atoms with Crippen molar-refractivity contribution in [3.8, 4) is 0 Å². The zero-order valence-electron chi connectivity index (χ0n) is 11.8. The van der Waals surface area contributed by atoms with Crippen LogP contribution in [0.15, 0.2) is 5.38 Å². The van der Waals surface area contributed by atoms with Crippen LogP contribution < -0.4 is 0 Å². The summed E-state index contributed by atoms with van der Waals surface area (Å²) in [4.78, 5) is 17.9. The molecule has 1 aromatic heterocycles. The summed E-state index contributed by atoms with van der Waals surface area (Å²) in [5.74, 6) is -0.804. The fraction of sp³-hybridized carbons (Fsp3) is 0.714. The number of piperidine rings is 1. The Hall–Kier alpha value is -0.940. The first kappa shape index (κ1) is 14.5. The summed E-state index contributed by atoms with van der Waals surface area (Å²) >= 11 is 1.71. The largest absolute Gasteiger partial charge is 0.481 e. The van der Waals surface area contributed by atoms with Gasteiger partial charge in [-0.1, -0.05) is 20.8 Å². The normalized spacial score (nSPS) is 18.7. The number of thiazole rings is 1. The molecule has 19 heavy (non-hydrogen) atoms. The van der Waals surface area contributed by atoms with Crippen LogP contribution in [0.3, 0.4) is 0 Å². The highest BCUT2D eigenvalue weighted by Gasteiger charge is 2.25. The predicted molar refractivity (Wildman–Crippen MR) is 76.5 cm³/mol. The van der Waals surface area contributed by atoms with Crippen molar-refractivity contribution in [1.82, 2.24) is 9.88 Å². The van der Waals surface area contributed by atoms with E-state index in [0.717, 1.165) is 43.2 Å². The Morgan fingerprint density at radius 1 is 1.47 bits per heavy atom. The molecule has 1 aliphatic rings. The van der Waals surface area contributed by atoms with Gasteiger partial charge in [0.25, 0.3) is 0 Å². The summed E-state index contributed by atoms with van der Waals surface area (Å²) < 4.78 is 0. The Kier molecular flexibility index (Phi) is 4.26. The fourth-order valence-electron chi connectivity index (χ4n) is 2.26. The molecular weight excluding hydrogens is 260 g/mol. The van der Waals surface area contributed by atoms with Crippen LogP contribution in [-0.4, -0.2) is 34.0 Å². The van der Waals surface area contributed by atoms with Crippen molar-refractivity contribution in [1.29, 1.82) is 0 Å². The van der Waals surface area contributed by atoms with Crippen LogP contribution in [0.2, 0.25) is 0 Å². The molecule has 1 aromatic rings. The van der Waals surface area contributed by atoms with Crippen LogP contribution in [0.25, 0.3) is 0 Å². The number of hydrogen-bond donors (Lipinski definition) is 1. The van der Waals surface area contributed by atoms with Gasteiger partial charge < -0.3 is 5.11 Å². The van der Waals surface area contributed by atoms with Gasteiger partial charge in [0.1, 0.15) is 5.01 Å². The molecule has 0 aromatic carbocycles. The molecule has 0 spiro atoms. The maximum absolute atomic E-state index is 10.9. The molecule has 5 heteroatoms. The van der Waals surface area contributed by atoms with Gasteiger partial charge in [-0.3, -0.25) is 9.69 Å². The number of carboxylic acids is 1. The van der Waals surface area contributed by atoms with E-state index in [1.807, 2.05) is 0 Å². The van der Waals surface area contributed by atoms with Gasteiger partial charge in [-0.05, 0) is 25.9 Å². The Morgan fingerprint density at radius 2 is 2.11 bits per heavy atom. The lowest BCUT2D eigenvalue weighted by atomic mass is 9.93. The molecule has 1 aliphatic heterocycles. The molecule has 2 heterocycles. The van der Waals surface area contributed by atoms with Crippen LogP contribution in [-0.2, 0) is 16.8 Å². The maximum Gasteiger partial charge on any atom is 0.306 e. The first-order valence-electron chi connectivity index (χ1n) is 6.76. The van der Waals surface area contributed by atoms with E-state index in [1.54, 1.807) is 11.3 Å². The van der Waals surface area contributed by atoms with Crippen molar-refractivity contribution in [2.45, 2.75) is 45.6 Å². The summed E-state index contributed by atoms with van der Waals surface area (Å²) in [5.41, 5.74) is 1.25. The van der Waals surface area contributed by atoms with E-state index in [4.69, 9.17) is 10.1 Å². The Labute approximate surface area is 118 Å². The van der Waals surface area contributed by atoms with Crippen LogP contribution in [0.4, 0.5) is 0 Å². The molecule has 1 fully saturated rings. The van der Waals surface area contributed by atoms with Gasteiger partial charge in [0, 0.05) is 10.8 Å². The number of carboxylic acid groups (broad SMARTS) is 1. The van der Waals surface area contributed by atoms with Crippen LogP contribution in [0.5, 0.6) is 0 Å².